The summed E-state index contributed by atoms with van der Waals surface area (Å²) in [6.45, 7) is 2.35. The number of ether oxygens (including phenoxy) is 1. The van der Waals surface area contributed by atoms with E-state index < -0.39 is 0 Å². The summed E-state index contributed by atoms with van der Waals surface area (Å²) in [6.07, 6.45) is 1.90. The molecule has 1 saturated heterocycles. The number of H-pyrrole nitrogens is 1. The molecule has 0 unspecified atom stereocenters. The molecule has 0 spiro atoms. The van der Waals surface area contributed by atoms with Gasteiger partial charge in [0.05, 0.1) is 29.8 Å². The van der Waals surface area contributed by atoms with Crippen LogP contribution in [0.25, 0.3) is 22.7 Å². The van der Waals surface area contributed by atoms with Crippen LogP contribution in [0.5, 0.6) is 0 Å². The molecule has 0 saturated carbocycles. The molecule has 1 aromatic heterocycles. The summed E-state index contributed by atoms with van der Waals surface area (Å²) in [7, 11) is 0. The van der Waals surface area contributed by atoms with Crippen molar-refractivity contribution in [3.05, 3.63) is 66.0 Å². The number of benzene rings is 2. The number of aromatic nitrogens is 2. The minimum atomic E-state index is -0.0220. The number of hydrogen-bond donors (Lipinski definition) is 1. The number of para-hydroxylation sites is 2. The van der Waals surface area contributed by atoms with E-state index in [1.807, 2.05) is 65.6 Å². The molecule has 2 aromatic carbocycles. The molecule has 3 aromatic rings. The Labute approximate surface area is 145 Å². The van der Waals surface area contributed by atoms with Gasteiger partial charge in [0, 0.05) is 13.1 Å². The van der Waals surface area contributed by atoms with Gasteiger partial charge in [-0.25, -0.2) is 4.98 Å². The number of hydrogen-bond acceptors (Lipinski definition) is 3. The second kappa shape index (κ2) is 6.91. The highest BCUT2D eigenvalue weighted by Gasteiger charge is 2.24. The van der Waals surface area contributed by atoms with E-state index in [4.69, 9.17) is 4.74 Å². The van der Waals surface area contributed by atoms with Gasteiger partial charge in [-0.1, -0.05) is 42.5 Å². The Morgan fingerprint density at radius 2 is 1.76 bits per heavy atom. The van der Waals surface area contributed by atoms with Crippen molar-refractivity contribution < 1.29 is 9.53 Å². The minimum Gasteiger partial charge on any atom is -0.378 e. The van der Waals surface area contributed by atoms with Gasteiger partial charge < -0.3 is 14.6 Å². The van der Waals surface area contributed by atoms with Crippen LogP contribution in [0.1, 0.15) is 11.4 Å². The Bertz CT molecular complexity index is 876. The molecule has 1 N–H and O–H groups in total. The van der Waals surface area contributed by atoms with Gasteiger partial charge in [0.1, 0.15) is 5.82 Å². The smallest absolute Gasteiger partial charge is 0.257 e. The van der Waals surface area contributed by atoms with Gasteiger partial charge in [-0.3, -0.25) is 4.79 Å². The number of aromatic amines is 1. The molecule has 0 aliphatic carbocycles. The van der Waals surface area contributed by atoms with Crippen LogP contribution in [0.3, 0.4) is 0 Å². The maximum Gasteiger partial charge on any atom is 0.257 e. The van der Waals surface area contributed by atoms with E-state index in [2.05, 4.69) is 9.97 Å². The lowest BCUT2D eigenvalue weighted by Crippen LogP contribution is -2.41. The summed E-state index contributed by atoms with van der Waals surface area (Å²) in [5.74, 6) is 0.577. The maximum absolute atomic E-state index is 13.1. The number of fused-ring (bicyclic) bond motifs is 1. The number of rotatable bonds is 3. The molecule has 1 amide bonds. The van der Waals surface area contributed by atoms with Crippen LogP contribution < -0.4 is 0 Å². The third-order valence-corrected chi connectivity index (χ3v) is 4.28. The van der Waals surface area contributed by atoms with Crippen molar-refractivity contribution in [3.8, 4) is 0 Å². The molecule has 5 nitrogen and oxygen atoms in total. The zero-order valence-electron chi connectivity index (χ0n) is 13.8. The lowest BCUT2D eigenvalue weighted by molar-refractivity contribution is -0.128. The van der Waals surface area contributed by atoms with Crippen LogP contribution in [0.2, 0.25) is 0 Å². The van der Waals surface area contributed by atoms with E-state index >= 15 is 0 Å². The number of nitrogens with zero attached hydrogens (tertiary/aromatic N) is 2. The fraction of sp³-hybridized carbons (Fsp3) is 0.200. The average molecular weight is 333 g/mol. The van der Waals surface area contributed by atoms with Crippen molar-refractivity contribution in [1.82, 2.24) is 14.9 Å². The Kier molecular flexibility index (Phi) is 4.31. The van der Waals surface area contributed by atoms with Gasteiger partial charge in [0.2, 0.25) is 0 Å². The largest absolute Gasteiger partial charge is 0.378 e. The van der Waals surface area contributed by atoms with Crippen LogP contribution in [0.4, 0.5) is 0 Å². The highest BCUT2D eigenvalue weighted by molar-refractivity contribution is 6.23. The van der Waals surface area contributed by atoms with Crippen molar-refractivity contribution in [2.24, 2.45) is 0 Å². The first-order chi connectivity index (χ1) is 12.3. The number of carbonyl (C=O) groups is 1. The molecule has 4 rings (SSSR count). The predicted octanol–water partition coefficient (Wildman–Crippen LogP) is 2.96. The molecule has 2 heterocycles. The molecule has 126 valence electrons. The summed E-state index contributed by atoms with van der Waals surface area (Å²) < 4.78 is 5.36. The molecule has 1 aliphatic rings. The van der Waals surface area contributed by atoms with Crippen molar-refractivity contribution in [2.45, 2.75) is 0 Å². The number of morpholine rings is 1. The third kappa shape index (κ3) is 3.32. The van der Waals surface area contributed by atoms with E-state index in [0.29, 0.717) is 37.7 Å². The van der Waals surface area contributed by atoms with Gasteiger partial charge in [0.15, 0.2) is 0 Å². The van der Waals surface area contributed by atoms with Crippen LogP contribution in [-0.4, -0.2) is 47.1 Å². The zero-order valence-corrected chi connectivity index (χ0v) is 13.8. The van der Waals surface area contributed by atoms with Crippen LogP contribution >= 0.6 is 0 Å². The van der Waals surface area contributed by atoms with Crippen LogP contribution in [0.15, 0.2) is 54.6 Å². The van der Waals surface area contributed by atoms with E-state index in [1.165, 1.54) is 0 Å². The normalized spacial score (nSPS) is 15.5. The standard InChI is InChI=1S/C20H19N3O2/c24-20(23-10-12-25-13-11-23)16(14-15-6-2-1-3-7-15)19-21-17-8-4-5-9-18(17)22-19/h1-9,14H,10-13H2,(H,21,22)/b16-14+. The van der Waals surface area contributed by atoms with E-state index in [1.54, 1.807) is 0 Å². The first kappa shape index (κ1) is 15.6. The number of carbonyl (C=O) groups excluding carboxylic acids is 1. The molecule has 1 fully saturated rings. The molecule has 0 atom stereocenters. The fourth-order valence-corrected chi connectivity index (χ4v) is 2.96. The fourth-order valence-electron chi connectivity index (χ4n) is 2.96. The summed E-state index contributed by atoms with van der Waals surface area (Å²) in [4.78, 5) is 22.8. The second-order valence-corrected chi connectivity index (χ2v) is 5.98. The first-order valence-electron chi connectivity index (χ1n) is 8.40. The number of amides is 1. The third-order valence-electron chi connectivity index (χ3n) is 4.28. The lowest BCUT2D eigenvalue weighted by atomic mass is 10.1. The summed E-state index contributed by atoms with van der Waals surface area (Å²) >= 11 is 0. The van der Waals surface area contributed by atoms with E-state index in [0.717, 1.165) is 16.6 Å². The van der Waals surface area contributed by atoms with Crippen molar-refractivity contribution in [1.29, 1.82) is 0 Å². The van der Waals surface area contributed by atoms with Crippen molar-refractivity contribution in [2.75, 3.05) is 26.3 Å². The molecule has 0 bridgehead atoms. The van der Waals surface area contributed by atoms with Crippen LogP contribution in [0, 0.1) is 0 Å². The van der Waals surface area contributed by atoms with Gasteiger partial charge in [-0.2, -0.15) is 0 Å². The molecule has 1 aliphatic heterocycles. The van der Waals surface area contributed by atoms with Gasteiger partial charge in [0.25, 0.3) is 5.91 Å². The Hall–Kier alpha value is -2.92. The Balaban J connectivity index is 1.77. The lowest BCUT2D eigenvalue weighted by Gasteiger charge is -2.27. The molecule has 25 heavy (non-hydrogen) atoms. The molecular formula is C20H19N3O2. The number of imidazole rings is 1. The van der Waals surface area contributed by atoms with E-state index in [9.17, 15) is 4.79 Å². The quantitative estimate of drug-likeness (QED) is 0.750. The molecular weight excluding hydrogens is 314 g/mol. The summed E-state index contributed by atoms with van der Waals surface area (Å²) in [6, 6.07) is 17.6. The molecule has 0 radical (unpaired) electrons. The zero-order chi connectivity index (χ0) is 17.1. The highest BCUT2D eigenvalue weighted by Crippen LogP contribution is 2.22. The minimum absolute atomic E-state index is 0.0220. The topological polar surface area (TPSA) is 58.2 Å². The van der Waals surface area contributed by atoms with Crippen molar-refractivity contribution in [3.63, 3.8) is 0 Å². The molecule has 5 heteroatoms. The van der Waals surface area contributed by atoms with E-state index in [-0.39, 0.29) is 5.91 Å². The maximum atomic E-state index is 13.1. The van der Waals surface area contributed by atoms with Crippen molar-refractivity contribution >= 4 is 28.6 Å². The Morgan fingerprint density at radius 3 is 2.52 bits per heavy atom. The Morgan fingerprint density at radius 1 is 1.04 bits per heavy atom. The van der Waals surface area contributed by atoms with Crippen LogP contribution in [-0.2, 0) is 9.53 Å². The number of nitrogens with one attached hydrogen (secondary N) is 1. The summed E-state index contributed by atoms with van der Waals surface area (Å²) in [5.41, 5.74) is 3.32. The first-order valence-corrected chi connectivity index (χ1v) is 8.40. The van der Waals surface area contributed by atoms with Gasteiger partial charge in [-0.15, -0.1) is 0 Å². The second-order valence-electron chi connectivity index (χ2n) is 5.98. The van der Waals surface area contributed by atoms with Gasteiger partial charge in [-0.05, 0) is 23.8 Å². The average Bonchev–Trinajstić information content (AvgIpc) is 3.11. The SMILES string of the molecule is O=C(/C(=C/c1ccccc1)c1nc2ccccc2[nH]1)N1CCOCC1. The van der Waals surface area contributed by atoms with Gasteiger partial charge >= 0.3 is 0 Å². The predicted molar refractivity (Wildman–Crippen MR) is 97.8 cm³/mol. The monoisotopic (exact) mass is 333 g/mol. The highest BCUT2D eigenvalue weighted by atomic mass is 16.5. The summed E-state index contributed by atoms with van der Waals surface area (Å²) in [5, 5.41) is 0.